The number of rotatable bonds is 5. The van der Waals surface area contributed by atoms with Gasteiger partial charge in [-0.05, 0) is 30.5 Å². The first kappa shape index (κ1) is 13.3. The zero-order valence-corrected chi connectivity index (χ0v) is 12.0. The second-order valence-corrected chi connectivity index (χ2v) is 5.69. The number of nitrogens with zero attached hydrogens (tertiary/aromatic N) is 1. The quantitative estimate of drug-likeness (QED) is 0.734. The molecule has 0 amide bonds. The Morgan fingerprint density at radius 1 is 1.41 bits per heavy atom. The molecule has 0 heterocycles. The largest absolute Gasteiger partial charge is 0.295 e. The summed E-state index contributed by atoms with van der Waals surface area (Å²) >= 11 is 9.16. The summed E-state index contributed by atoms with van der Waals surface area (Å²) in [4.78, 5) is 2.42. The molecular formula is C13H16BrClFN. The lowest BCUT2D eigenvalue weighted by atomic mass is 9.91. The minimum absolute atomic E-state index is 0.199. The van der Waals surface area contributed by atoms with Gasteiger partial charge in [0.1, 0.15) is 5.82 Å². The van der Waals surface area contributed by atoms with Gasteiger partial charge in [0, 0.05) is 24.5 Å². The van der Waals surface area contributed by atoms with Gasteiger partial charge in [-0.2, -0.15) is 0 Å². The lowest BCUT2D eigenvalue weighted by Crippen LogP contribution is -2.40. The first-order valence-electron chi connectivity index (χ1n) is 5.94. The highest BCUT2D eigenvalue weighted by molar-refractivity contribution is 9.09. The smallest absolute Gasteiger partial charge is 0.142 e. The second kappa shape index (κ2) is 6.17. The Balaban J connectivity index is 2.02. The number of hydrogen-bond acceptors (Lipinski definition) is 1. The fourth-order valence-corrected chi connectivity index (χ4v) is 2.70. The van der Waals surface area contributed by atoms with E-state index < -0.39 is 0 Å². The maximum absolute atomic E-state index is 13.4. The van der Waals surface area contributed by atoms with Crippen molar-refractivity contribution in [2.75, 3.05) is 11.9 Å². The van der Waals surface area contributed by atoms with Crippen LogP contribution in [0.25, 0.3) is 0 Å². The summed E-state index contributed by atoms with van der Waals surface area (Å²) in [6, 6.07) is 5.76. The van der Waals surface area contributed by atoms with E-state index in [1.807, 2.05) is 6.07 Å². The molecule has 1 nitrogen and oxygen atoms in total. The van der Waals surface area contributed by atoms with E-state index in [1.165, 1.54) is 19.3 Å². The molecule has 1 aliphatic rings. The van der Waals surface area contributed by atoms with Crippen LogP contribution in [0.15, 0.2) is 18.2 Å². The van der Waals surface area contributed by atoms with Gasteiger partial charge in [-0.3, -0.25) is 4.90 Å². The average molecular weight is 321 g/mol. The van der Waals surface area contributed by atoms with Crippen LogP contribution in [-0.4, -0.2) is 22.8 Å². The molecule has 0 unspecified atom stereocenters. The van der Waals surface area contributed by atoms with Crippen LogP contribution in [0, 0.1) is 5.82 Å². The summed E-state index contributed by atoms with van der Waals surface area (Å²) in [5, 5.41) is 1.16. The summed E-state index contributed by atoms with van der Waals surface area (Å²) in [5.74, 6) is -0.323. The van der Waals surface area contributed by atoms with E-state index in [-0.39, 0.29) is 10.8 Å². The van der Waals surface area contributed by atoms with Crippen LogP contribution in [0.2, 0.25) is 5.02 Å². The van der Waals surface area contributed by atoms with Crippen molar-refractivity contribution >= 4 is 27.5 Å². The fraction of sp³-hybridized carbons (Fsp3) is 0.538. The van der Waals surface area contributed by atoms with Gasteiger partial charge < -0.3 is 0 Å². The average Bonchev–Trinajstić information content (AvgIpc) is 2.21. The van der Waals surface area contributed by atoms with E-state index in [9.17, 15) is 4.39 Å². The third-order valence-corrected chi connectivity index (χ3v) is 3.99. The highest BCUT2D eigenvalue weighted by Gasteiger charge is 2.24. The lowest BCUT2D eigenvalue weighted by molar-refractivity contribution is 0.128. The summed E-state index contributed by atoms with van der Waals surface area (Å²) in [6.45, 7) is 1.82. The van der Waals surface area contributed by atoms with E-state index in [2.05, 4.69) is 20.8 Å². The van der Waals surface area contributed by atoms with Gasteiger partial charge >= 0.3 is 0 Å². The Labute approximate surface area is 115 Å². The Bertz CT molecular complexity index is 382. The molecule has 0 aliphatic heterocycles. The minimum atomic E-state index is -0.323. The van der Waals surface area contributed by atoms with Crippen molar-refractivity contribution in [1.29, 1.82) is 0 Å². The van der Waals surface area contributed by atoms with Crippen LogP contribution >= 0.6 is 27.5 Å². The zero-order chi connectivity index (χ0) is 12.3. The van der Waals surface area contributed by atoms with Gasteiger partial charge in [0.15, 0.2) is 0 Å². The van der Waals surface area contributed by atoms with Crippen LogP contribution in [0.4, 0.5) is 4.39 Å². The maximum Gasteiger partial charge on any atom is 0.142 e. The van der Waals surface area contributed by atoms with E-state index in [0.717, 1.165) is 24.0 Å². The summed E-state index contributed by atoms with van der Waals surface area (Å²) < 4.78 is 13.4. The molecule has 0 N–H and O–H groups in total. The Hall–Kier alpha value is -0.120. The number of alkyl halides is 1. The molecule has 0 radical (unpaired) electrons. The van der Waals surface area contributed by atoms with Crippen LogP contribution in [0.5, 0.6) is 0 Å². The monoisotopic (exact) mass is 319 g/mol. The van der Waals surface area contributed by atoms with Gasteiger partial charge in [0.05, 0.1) is 5.02 Å². The van der Waals surface area contributed by atoms with Crippen LogP contribution in [-0.2, 0) is 6.54 Å². The summed E-state index contributed by atoms with van der Waals surface area (Å²) in [5.41, 5.74) is 1.000. The number of hydrogen-bond donors (Lipinski definition) is 0. The first-order chi connectivity index (χ1) is 8.20. The molecule has 17 heavy (non-hydrogen) atoms. The molecular weight excluding hydrogens is 305 g/mol. The highest BCUT2D eigenvalue weighted by atomic mass is 79.9. The molecule has 0 aromatic heterocycles. The Morgan fingerprint density at radius 2 is 2.18 bits per heavy atom. The molecule has 0 bridgehead atoms. The summed E-state index contributed by atoms with van der Waals surface area (Å²) in [6.07, 6.45) is 3.85. The maximum atomic E-state index is 13.4. The normalized spacial score (nSPS) is 16.2. The third-order valence-electron chi connectivity index (χ3n) is 3.33. The van der Waals surface area contributed by atoms with Crippen molar-refractivity contribution in [2.24, 2.45) is 0 Å². The minimum Gasteiger partial charge on any atom is -0.295 e. The molecule has 94 valence electrons. The van der Waals surface area contributed by atoms with Crippen LogP contribution in [0.1, 0.15) is 24.8 Å². The molecule has 1 aliphatic carbocycles. The van der Waals surface area contributed by atoms with Gasteiger partial charge in [-0.15, -0.1) is 0 Å². The SMILES string of the molecule is Fc1cc(CN(CCBr)C2CCC2)ccc1Cl. The zero-order valence-electron chi connectivity index (χ0n) is 9.63. The van der Waals surface area contributed by atoms with E-state index in [1.54, 1.807) is 12.1 Å². The van der Waals surface area contributed by atoms with Crippen molar-refractivity contribution in [3.63, 3.8) is 0 Å². The fourth-order valence-electron chi connectivity index (χ4n) is 2.12. The van der Waals surface area contributed by atoms with Gasteiger partial charge in [0.2, 0.25) is 0 Å². The van der Waals surface area contributed by atoms with Crippen molar-refractivity contribution in [1.82, 2.24) is 4.90 Å². The first-order valence-corrected chi connectivity index (χ1v) is 7.44. The molecule has 1 aromatic rings. The van der Waals surface area contributed by atoms with Crippen molar-refractivity contribution in [3.8, 4) is 0 Å². The van der Waals surface area contributed by atoms with Crippen molar-refractivity contribution < 1.29 is 4.39 Å². The van der Waals surface area contributed by atoms with E-state index in [0.29, 0.717) is 6.04 Å². The topological polar surface area (TPSA) is 3.24 Å². The molecule has 0 atom stereocenters. The molecule has 0 spiro atoms. The summed E-state index contributed by atoms with van der Waals surface area (Å²) in [7, 11) is 0. The van der Waals surface area contributed by atoms with Crippen molar-refractivity contribution in [3.05, 3.63) is 34.6 Å². The Morgan fingerprint density at radius 3 is 2.71 bits per heavy atom. The number of benzene rings is 1. The molecule has 0 saturated heterocycles. The van der Waals surface area contributed by atoms with Gasteiger partial charge in [-0.25, -0.2) is 4.39 Å². The molecule has 2 rings (SSSR count). The lowest BCUT2D eigenvalue weighted by Gasteiger charge is -2.37. The molecule has 1 fully saturated rings. The molecule has 1 aromatic carbocycles. The third kappa shape index (κ3) is 3.43. The van der Waals surface area contributed by atoms with Gasteiger partial charge in [0.25, 0.3) is 0 Å². The molecule has 4 heteroatoms. The van der Waals surface area contributed by atoms with E-state index in [4.69, 9.17) is 11.6 Å². The van der Waals surface area contributed by atoms with Crippen LogP contribution in [0.3, 0.4) is 0 Å². The standard InChI is InChI=1S/C13H16BrClFN/c14-6-7-17(11-2-1-3-11)9-10-4-5-12(15)13(16)8-10/h4-5,8,11H,1-3,6-7,9H2. The van der Waals surface area contributed by atoms with Crippen molar-refractivity contribution in [2.45, 2.75) is 31.8 Å². The van der Waals surface area contributed by atoms with Gasteiger partial charge in [-0.1, -0.05) is 40.0 Å². The predicted molar refractivity (Wildman–Crippen MR) is 73.3 cm³/mol. The second-order valence-electron chi connectivity index (χ2n) is 4.49. The molecule has 1 saturated carbocycles. The van der Waals surface area contributed by atoms with E-state index >= 15 is 0 Å². The Kier molecular flexibility index (Phi) is 4.83. The highest BCUT2D eigenvalue weighted by Crippen LogP contribution is 2.26. The van der Waals surface area contributed by atoms with Crippen LogP contribution < -0.4 is 0 Å². The number of halogens is 3. The predicted octanol–water partition coefficient (Wildman–Crippen LogP) is 4.23.